The third kappa shape index (κ3) is 4.04. The summed E-state index contributed by atoms with van der Waals surface area (Å²) in [5.41, 5.74) is 0. The number of piperidine rings is 1. The molecule has 0 atom stereocenters. The molecule has 0 unspecified atom stereocenters. The standard InChI is InChI=1S/C10H19N5O2S/c1-15-8-12-10(14-15)6-13-18(16,17)7-9-2-4-11-5-3-9/h8-9,11,13H,2-7H2,1H3. The van der Waals surface area contributed by atoms with Crippen molar-refractivity contribution in [1.82, 2.24) is 24.8 Å². The summed E-state index contributed by atoms with van der Waals surface area (Å²) < 4.78 is 27.9. The van der Waals surface area contributed by atoms with Crippen LogP contribution in [0.25, 0.3) is 0 Å². The van der Waals surface area contributed by atoms with Crippen LogP contribution in [0, 0.1) is 5.92 Å². The maximum atomic E-state index is 11.9. The Morgan fingerprint density at radius 1 is 1.50 bits per heavy atom. The average Bonchev–Trinajstić information content (AvgIpc) is 2.74. The molecule has 2 N–H and O–H groups in total. The number of hydrogen-bond donors (Lipinski definition) is 2. The highest BCUT2D eigenvalue weighted by atomic mass is 32.2. The molecular formula is C10H19N5O2S. The molecule has 1 fully saturated rings. The van der Waals surface area contributed by atoms with Gasteiger partial charge in [0.25, 0.3) is 0 Å². The first-order valence-corrected chi connectivity index (χ1v) is 7.73. The smallest absolute Gasteiger partial charge is 0.212 e. The van der Waals surface area contributed by atoms with E-state index in [2.05, 4.69) is 20.1 Å². The second-order valence-corrected chi connectivity index (χ2v) is 6.48. The number of hydrogen-bond acceptors (Lipinski definition) is 5. The lowest BCUT2D eigenvalue weighted by molar-refractivity contribution is 0.400. The maximum absolute atomic E-state index is 11.9. The number of aromatic nitrogens is 3. The van der Waals surface area contributed by atoms with E-state index >= 15 is 0 Å². The Morgan fingerprint density at radius 2 is 2.22 bits per heavy atom. The van der Waals surface area contributed by atoms with Crippen molar-refractivity contribution < 1.29 is 8.42 Å². The predicted molar refractivity (Wildman–Crippen MR) is 67.2 cm³/mol. The van der Waals surface area contributed by atoms with Crippen molar-refractivity contribution in [2.24, 2.45) is 13.0 Å². The predicted octanol–water partition coefficient (Wildman–Crippen LogP) is -0.766. The largest absolute Gasteiger partial charge is 0.317 e. The van der Waals surface area contributed by atoms with E-state index in [0.29, 0.717) is 5.82 Å². The molecule has 2 heterocycles. The van der Waals surface area contributed by atoms with E-state index in [-0.39, 0.29) is 18.2 Å². The Morgan fingerprint density at radius 3 is 2.83 bits per heavy atom. The molecule has 1 aromatic rings. The molecular weight excluding hydrogens is 254 g/mol. The van der Waals surface area contributed by atoms with Gasteiger partial charge in [0, 0.05) is 7.05 Å². The van der Waals surface area contributed by atoms with Gasteiger partial charge in [0.05, 0.1) is 12.3 Å². The maximum Gasteiger partial charge on any atom is 0.212 e. The Hall–Kier alpha value is -0.990. The van der Waals surface area contributed by atoms with Crippen molar-refractivity contribution in [3.63, 3.8) is 0 Å². The highest BCUT2D eigenvalue weighted by Gasteiger charge is 2.21. The minimum absolute atomic E-state index is 0.161. The molecule has 0 bridgehead atoms. The summed E-state index contributed by atoms with van der Waals surface area (Å²) >= 11 is 0. The molecule has 102 valence electrons. The van der Waals surface area contributed by atoms with Crippen molar-refractivity contribution in [3.8, 4) is 0 Å². The molecule has 0 spiro atoms. The van der Waals surface area contributed by atoms with Gasteiger partial charge in [-0.3, -0.25) is 4.68 Å². The van der Waals surface area contributed by atoms with Gasteiger partial charge in [-0.05, 0) is 31.8 Å². The minimum atomic E-state index is -3.24. The van der Waals surface area contributed by atoms with Gasteiger partial charge in [-0.1, -0.05) is 0 Å². The number of rotatable bonds is 5. The first-order chi connectivity index (χ1) is 8.55. The number of nitrogens with zero attached hydrogens (tertiary/aromatic N) is 3. The van der Waals surface area contributed by atoms with Crippen LogP contribution in [0.4, 0.5) is 0 Å². The van der Waals surface area contributed by atoms with E-state index < -0.39 is 10.0 Å². The molecule has 0 aromatic carbocycles. The van der Waals surface area contributed by atoms with Gasteiger partial charge in [-0.15, -0.1) is 0 Å². The van der Waals surface area contributed by atoms with E-state index in [1.807, 2.05) is 0 Å². The lowest BCUT2D eigenvalue weighted by Crippen LogP contribution is -2.35. The van der Waals surface area contributed by atoms with Gasteiger partial charge in [0.1, 0.15) is 6.33 Å². The zero-order valence-corrected chi connectivity index (χ0v) is 11.3. The van der Waals surface area contributed by atoms with Crippen molar-refractivity contribution in [3.05, 3.63) is 12.2 Å². The summed E-state index contributed by atoms with van der Waals surface area (Å²) in [6.45, 7) is 1.97. The molecule has 0 aliphatic carbocycles. The van der Waals surface area contributed by atoms with E-state index in [4.69, 9.17) is 0 Å². The summed E-state index contributed by atoms with van der Waals surface area (Å²) in [4.78, 5) is 3.98. The molecule has 2 rings (SSSR count). The molecule has 1 saturated heterocycles. The number of aryl methyl sites for hydroxylation is 1. The lowest BCUT2D eigenvalue weighted by Gasteiger charge is -2.22. The molecule has 1 aliphatic rings. The zero-order valence-electron chi connectivity index (χ0n) is 10.5. The highest BCUT2D eigenvalue weighted by molar-refractivity contribution is 7.89. The second kappa shape index (κ2) is 5.77. The van der Waals surface area contributed by atoms with Gasteiger partial charge in [-0.2, -0.15) is 5.10 Å². The monoisotopic (exact) mass is 273 g/mol. The Bertz CT molecular complexity index is 478. The van der Waals surface area contributed by atoms with Crippen LogP contribution >= 0.6 is 0 Å². The average molecular weight is 273 g/mol. The van der Waals surface area contributed by atoms with Crippen LogP contribution in [0.2, 0.25) is 0 Å². The fraction of sp³-hybridized carbons (Fsp3) is 0.800. The fourth-order valence-corrected chi connectivity index (χ4v) is 3.48. The van der Waals surface area contributed by atoms with E-state index in [9.17, 15) is 8.42 Å². The second-order valence-electron chi connectivity index (χ2n) is 4.63. The Labute approximate surface area is 107 Å². The summed E-state index contributed by atoms with van der Waals surface area (Å²) in [6, 6.07) is 0. The molecule has 8 heteroatoms. The van der Waals surface area contributed by atoms with E-state index in [1.54, 1.807) is 18.1 Å². The van der Waals surface area contributed by atoms with Gasteiger partial charge >= 0.3 is 0 Å². The summed E-state index contributed by atoms with van der Waals surface area (Å²) in [7, 11) is -1.49. The van der Waals surface area contributed by atoms with Crippen molar-refractivity contribution >= 4 is 10.0 Å². The first-order valence-electron chi connectivity index (χ1n) is 6.08. The fourth-order valence-electron chi connectivity index (χ4n) is 2.06. The van der Waals surface area contributed by atoms with Crippen molar-refractivity contribution in [2.45, 2.75) is 19.4 Å². The third-order valence-electron chi connectivity index (χ3n) is 3.01. The van der Waals surface area contributed by atoms with E-state index in [0.717, 1.165) is 25.9 Å². The summed E-state index contributed by atoms with van der Waals surface area (Å²) in [6.07, 6.45) is 3.39. The van der Waals surface area contributed by atoms with Gasteiger partial charge in [0.2, 0.25) is 10.0 Å². The topological polar surface area (TPSA) is 88.9 Å². The van der Waals surface area contributed by atoms with Crippen LogP contribution < -0.4 is 10.0 Å². The molecule has 1 aliphatic heterocycles. The molecule has 0 saturated carbocycles. The molecule has 7 nitrogen and oxygen atoms in total. The van der Waals surface area contributed by atoms with Crippen LogP contribution in [-0.4, -0.2) is 42.0 Å². The van der Waals surface area contributed by atoms with E-state index in [1.165, 1.54) is 0 Å². The first kappa shape index (κ1) is 13.4. The quantitative estimate of drug-likeness (QED) is 0.736. The van der Waals surface area contributed by atoms with Gasteiger partial charge in [0.15, 0.2) is 5.82 Å². The zero-order chi connectivity index (χ0) is 13.0. The molecule has 0 radical (unpaired) electrons. The van der Waals surface area contributed by atoms with Crippen LogP contribution in [0.5, 0.6) is 0 Å². The summed E-state index contributed by atoms with van der Waals surface area (Å²) in [5, 5.41) is 7.25. The molecule has 0 amide bonds. The molecule has 18 heavy (non-hydrogen) atoms. The number of nitrogens with one attached hydrogen (secondary N) is 2. The van der Waals surface area contributed by atoms with Crippen LogP contribution in [0.15, 0.2) is 6.33 Å². The van der Waals surface area contributed by atoms with Crippen LogP contribution in [0.1, 0.15) is 18.7 Å². The third-order valence-corrected chi connectivity index (χ3v) is 4.51. The highest BCUT2D eigenvalue weighted by Crippen LogP contribution is 2.13. The van der Waals surface area contributed by atoms with Crippen molar-refractivity contribution in [2.75, 3.05) is 18.8 Å². The van der Waals surface area contributed by atoms with Crippen LogP contribution in [-0.2, 0) is 23.6 Å². The minimum Gasteiger partial charge on any atom is -0.317 e. The SMILES string of the molecule is Cn1cnc(CNS(=O)(=O)CC2CCNCC2)n1. The lowest BCUT2D eigenvalue weighted by atomic mass is 10.0. The van der Waals surface area contributed by atoms with Gasteiger partial charge in [-0.25, -0.2) is 18.1 Å². The Kier molecular flexibility index (Phi) is 4.31. The van der Waals surface area contributed by atoms with Crippen LogP contribution in [0.3, 0.4) is 0 Å². The Balaban J connectivity index is 1.83. The summed E-state index contributed by atoms with van der Waals surface area (Å²) in [5.74, 6) is 0.938. The number of sulfonamides is 1. The van der Waals surface area contributed by atoms with Crippen molar-refractivity contribution in [1.29, 1.82) is 0 Å². The molecule has 1 aromatic heterocycles. The van der Waals surface area contributed by atoms with Gasteiger partial charge < -0.3 is 5.32 Å². The normalized spacial score (nSPS) is 18.1.